The number of hydrogen-bond acceptors (Lipinski definition) is 5. The highest BCUT2D eigenvalue weighted by atomic mass is 16.6. The van der Waals surface area contributed by atoms with Crippen molar-refractivity contribution in [3.05, 3.63) is 57.8 Å². The standard InChI is InChI=1S/C13H12N4O3/c1-8-7-9(17(18)19)5-6-11(8)20-12-4-2-3-10(16-12)13(14)15/h2-7H,1H3,(H3,14,15). The second kappa shape index (κ2) is 5.35. The van der Waals surface area contributed by atoms with Gasteiger partial charge in [0.05, 0.1) is 4.92 Å². The number of nitro groups is 1. The Morgan fingerprint density at radius 3 is 2.75 bits per heavy atom. The molecule has 0 amide bonds. The van der Waals surface area contributed by atoms with Crippen molar-refractivity contribution in [2.24, 2.45) is 5.73 Å². The molecule has 0 aliphatic heterocycles. The second-order valence-corrected chi connectivity index (χ2v) is 4.08. The van der Waals surface area contributed by atoms with Crippen LogP contribution in [0, 0.1) is 22.4 Å². The summed E-state index contributed by atoms with van der Waals surface area (Å²) >= 11 is 0. The fourth-order valence-corrected chi connectivity index (χ4v) is 1.60. The van der Waals surface area contributed by atoms with Gasteiger partial charge in [-0.15, -0.1) is 0 Å². The number of nitro benzene ring substituents is 1. The van der Waals surface area contributed by atoms with Gasteiger partial charge in [0.2, 0.25) is 5.88 Å². The van der Waals surface area contributed by atoms with Crippen LogP contribution < -0.4 is 10.5 Å². The Balaban J connectivity index is 2.28. The highest BCUT2D eigenvalue weighted by molar-refractivity contribution is 5.93. The summed E-state index contributed by atoms with van der Waals surface area (Å²) in [7, 11) is 0. The van der Waals surface area contributed by atoms with Crippen LogP contribution in [0.3, 0.4) is 0 Å². The number of non-ortho nitro benzene ring substituents is 1. The molecule has 0 bridgehead atoms. The van der Waals surface area contributed by atoms with E-state index in [4.69, 9.17) is 15.9 Å². The number of benzene rings is 1. The molecule has 7 heteroatoms. The number of ether oxygens (including phenoxy) is 1. The summed E-state index contributed by atoms with van der Waals surface area (Å²) in [6, 6.07) is 9.17. The fourth-order valence-electron chi connectivity index (χ4n) is 1.60. The molecule has 20 heavy (non-hydrogen) atoms. The van der Waals surface area contributed by atoms with Gasteiger partial charge < -0.3 is 10.5 Å². The average Bonchev–Trinajstić information content (AvgIpc) is 2.41. The Bertz CT molecular complexity index is 685. The molecule has 1 aromatic heterocycles. The van der Waals surface area contributed by atoms with Crippen LogP contribution in [-0.2, 0) is 0 Å². The Kier molecular flexibility index (Phi) is 3.60. The van der Waals surface area contributed by atoms with Gasteiger partial charge in [-0.25, -0.2) is 4.98 Å². The number of hydrogen-bond donors (Lipinski definition) is 2. The van der Waals surface area contributed by atoms with Crippen LogP contribution >= 0.6 is 0 Å². The predicted molar refractivity (Wildman–Crippen MR) is 73.2 cm³/mol. The van der Waals surface area contributed by atoms with Crippen molar-refractivity contribution >= 4 is 11.5 Å². The molecule has 7 nitrogen and oxygen atoms in total. The molecule has 1 aromatic carbocycles. The minimum absolute atomic E-state index is 0.000274. The van der Waals surface area contributed by atoms with Crippen LogP contribution in [-0.4, -0.2) is 15.7 Å². The number of amidine groups is 1. The minimum Gasteiger partial charge on any atom is -0.439 e. The molecule has 0 atom stereocenters. The summed E-state index contributed by atoms with van der Waals surface area (Å²) in [6.45, 7) is 1.71. The van der Waals surface area contributed by atoms with Gasteiger partial charge in [0.1, 0.15) is 17.3 Å². The van der Waals surface area contributed by atoms with E-state index in [1.54, 1.807) is 25.1 Å². The van der Waals surface area contributed by atoms with Crippen molar-refractivity contribution in [3.8, 4) is 11.6 Å². The molecule has 3 N–H and O–H groups in total. The third-order valence-corrected chi connectivity index (χ3v) is 2.58. The molecule has 2 rings (SSSR count). The maximum Gasteiger partial charge on any atom is 0.269 e. The highest BCUT2D eigenvalue weighted by Crippen LogP contribution is 2.27. The van der Waals surface area contributed by atoms with Crippen molar-refractivity contribution in [2.45, 2.75) is 6.92 Å². The van der Waals surface area contributed by atoms with Crippen LogP contribution in [0.2, 0.25) is 0 Å². The SMILES string of the molecule is Cc1cc([N+](=O)[O-])ccc1Oc1cccc(C(=N)N)n1. The van der Waals surface area contributed by atoms with Gasteiger partial charge in [-0.2, -0.15) is 0 Å². The zero-order chi connectivity index (χ0) is 14.7. The smallest absolute Gasteiger partial charge is 0.269 e. The van der Waals surface area contributed by atoms with Crippen LogP contribution in [0.4, 0.5) is 5.69 Å². The Morgan fingerprint density at radius 1 is 1.40 bits per heavy atom. The Hall–Kier alpha value is -2.96. The molecule has 0 unspecified atom stereocenters. The van der Waals surface area contributed by atoms with Crippen molar-refractivity contribution in [3.63, 3.8) is 0 Å². The van der Waals surface area contributed by atoms with Gasteiger partial charge >= 0.3 is 0 Å². The molecule has 0 saturated carbocycles. The number of nitrogens with two attached hydrogens (primary N) is 1. The summed E-state index contributed by atoms with van der Waals surface area (Å²) in [5.41, 5.74) is 6.28. The first kappa shape index (κ1) is 13.5. The number of aromatic nitrogens is 1. The number of nitrogens with one attached hydrogen (secondary N) is 1. The lowest BCUT2D eigenvalue weighted by atomic mass is 10.2. The molecular weight excluding hydrogens is 260 g/mol. The maximum absolute atomic E-state index is 10.7. The summed E-state index contributed by atoms with van der Waals surface area (Å²) in [5, 5.41) is 18.0. The zero-order valence-corrected chi connectivity index (χ0v) is 10.7. The quantitative estimate of drug-likeness (QED) is 0.383. The predicted octanol–water partition coefficient (Wildman–Crippen LogP) is 2.37. The number of aryl methyl sites for hydroxylation is 1. The Labute approximate surface area is 114 Å². The lowest BCUT2D eigenvalue weighted by molar-refractivity contribution is -0.384. The van der Waals surface area contributed by atoms with Gasteiger partial charge in [-0.3, -0.25) is 15.5 Å². The minimum atomic E-state index is -0.467. The van der Waals surface area contributed by atoms with E-state index in [9.17, 15) is 10.1 Å². The summed E-state index contributed by atoms with van der Waals surface area (Å²) in [4.78, 5) is 14.3. The van der Waals surface area contributed by atoms with Crippen molar-refractivity contribution in [1.29, 1.82) is 5.41 Å². The van der Waals surface area contributed by atoms with Crippen LogP contribution in [0.5, 0.6) is 11.6 Å². The maximum atomic E-state index is 10.7. The van der Waals surface area contributed by atoms with Gasteiger partial charge in [0.25, 0.3) is 5.69 Å². The molecule has 0 radical (unpaired) electrons. The molecular formula is C13H12N4O3. The molecule has 0 aliphatic rings. The van der Waals surface area contributed by atoms with Crippen LogP contribution in [0.25, 0.3) is 0 Å². The summed E-state index contributed by atoms with van der Waals surface area (Å²) in [5.74, 6) is 0.578. The fraction of sp³-hybridized carbons (Fsp3) is 0.0769. The average molecular weight is 272 g/mol. The molecule has 1 heterocycles. The van der Waals surface area contributed by atoms with Gasteiger partial charge in [0.15, 0.2) is 0 Å². The van der Waals surface area contributed by atoms with Crippen LogP contribution in [0.1, 0.15) is 11.3 Å². The number of nitrogen functional groups attached to an aromatic ring is 1. The largest absolute Gasteiger partial charge is 0.439 e. The van der Waals surface area contributed by atoms with Crippen molar-refractivity contribution in [2.75, 3.05) is 0 Å². The molecule has 0 saturated heterocycles. The van der Waals surface area contributed by atoms with E-state index in [0.717, 1.165) is 0 Å². The lowest BCUT2D eigenvalue weighted by Gasteiger charge is -2.08. The van der Waals surface area contributed by atoms with Gasteiger partial charge in [-0.05, 0) is 24.6 Å². The summed E-state index contributed by atoms with van der Waals surface area (Å²) in [6.07, 6.45) is 0. The Morgan fingerprint density at radius 2 is 2.15 bits per heavy atom. The molecule has 0 fully saturated rings. The highest BCUT2D eigenvalue weighted by Gasteiger charge is 2.10. The third kappa shape index (κ3) is 2.89. The van der Waals surface area contributed by atoms with Gasteiger partial charge in [0, 0.05) is 18.2 Å². The zero-order valence-electron chi connectivity index (χ0n) is 10.7. The van der Waals surface area contributed by atoms with Crippen molar-refractivity contribution in [1.82, 2.24) is 4.98 Å². The van der Waals surface area contributed by atoms with E-state index in [2.05, 4.69) is 4.98 Å². The van der Waals surface area contributed by atoms with Gasteiger partial charge in [-0.1, -0.05) is 6.07 Å². The van der Waals surface area contributed by atoms with E-state index >= 15 is 0 Å². The van der Waals surface area contributed by atoms with E-state index in [1.165, 1.54) is 18.2 Å². The molecule has 0 spiro atoms. The first-order valence-electron chi connectivity index (χ1n) is 5.71. The van der Waals surface area contributed by atoms with Crippen molar-refractivity contribution < 1.29 is 9.66 Å². The van der Waals surface area contributed by atoms with E-state index < -0.39 is 4.92 Å². The molecule has 102 valence electrons. The topological polar surface area (TPSA) is 115 Å². The monoisotopic (exact) mass is 272 g/mol. The number of rotatable bonds is 4. The van der Waals surface area contributed by atoms with E-state index in [0.29, 0.717) is 17.0 Å². The third-order valence-electron chi connectivity index (χ3n) is 2.58. The molecule has 0 aliphatic carbocycles. The lowest BCUT2D eigenvalue weighted by Crippen LogP contribution is -2.13. The van der Waals surface area contributed by atoms with E-state index in [-0.39, 0.29) is 17.4 Å². The normalized spacial score (nSPS) is 10.1. The number of pyridine rings is 1. The first-order chi connectivity index (χ1) is 9.47. The number of nitrogens with zero attached hydrogens (tertiary/aromatic N) is 2. The van der Waals surface area contributed by atoms with E-state index in [1.807, 2.05) is 0 Å². The second-order valence-electron chi connectivity index (χ2n) is 4.08. The summed E-state index contributed by atoms with van der Waals surface area (Å²) < 4.78 is 5.55. The first-order valence-corrected chi connectivity index (χ1v) is 5.71. The molecule has 2 aromatic rings. The van der Waals surface area contributed by atoms with Crippen LogP contribution in [0.15, 0.2) is 36.4 Å².